The zero-order valence-corrected chi connectivity index (χ0v) is 13.2. The van der Waals surface area contributed by atoms with Gasteiger partial charge >= 0.3 is 0 Å². The Morgan fingerprint density at radius 3 is 2.43 bits per heavy atom. The normalized spacial score (nSPS) is 17.7. The third-order valence-corrected chi connectivity index (χ3v) is 4.21. The van der Waals surface area contributed by atoms with Gasteiger partial charge in [0, 0.05) is 18.7 Å². The molecule has 2 amide bonds. The maximum absolute atomic E-state index is 12.6. The van der Waals surface area contributed by atoms with E-state index in [1.54, 1.807) is 11.8 Å². The molecule has 0 saturated carbocycles. The highest BCUT2D eigenvalue weighted by atomic mass is 16.2. The van der Waals surface area contributed by atoms with E-state index in [4.69, 9.17) is 0 Å². The van der Waals surface area contributed by atoms with Crippen molar-refractivity contribution in [2.24, 2.45) is 0 Å². The molecule has 1 heterocycles. The van der Waals surface area contributed by atoms with Crippen LogP contribution in [0, 0.1) is 0 Å². The molecule has 1 fully saturated rings. The maximum Gasteiger partial charge on any atom is 0.254 e. The number of hydrogen-bond donors (Lipinski definition) is 1. The summed E-state index contributed by atoms with van der Waals surface area (Å²) >= 11 is 0. The van der Waals surface area contributed by atoms with Crippen LogP contribution < -0.4 is 5.32 Å². The monoisotopic (exact) mass is 308 g/mol. The van der Waals surface area contributed by atoms with Crippen molar-refractivity contribution in [3.8, 4) is 0 Å². The number of nitrogens with one attached hydrogen (secondary N) is 1. The molecule has 4 heteroatoms. The van der Waals surface area contributed by atoms with Gasteiger partial charge in [0.25, 0.3) is 5.91 Å². The van der Waals surface area contributed by atoms with E-state index in [2.05, 4.69) is 17.4 Å². The lowest BCUT2D eigenvalue weighted by Crippen LogP contribution is -2.55. The highest BCUT2D eigenvalue weighted by Crippen LogP contribution is 2.14. The average molecular weight is 308 g/mol. The van der Waals surface area contributed by atoms with Gasteiger partial charge in [-0.1, -0.05) is 42.5 Å². The van der Waals surface area contributed by atoms with Gasteiger partial charge in [0.2, 0.25) is 5.91 Å². The molecule has 118 valence electrons. The standard InChI is InChI=1S/C19H20N2O2/c1-14-18(22)20-11-12-21(14)19(23)17-9-7-16(8-10-17)13-15-5-3-2-4-6-15/h2-10,14H,11-13H2,1H3,(H,20,22)/t14-/m1/s1. The number of piperazine rings is 1. The van der Waals surface area contributed by atoms with Crippen molar-refractivity contribution in [2.75, 3.05) is 13.1 Å². The number of carbonyl (C=O) groups is 2. The van der Waals surface area contributed by atoms with E-state index < -0.39 is 6.04 Å². The molecular formula is C19H20N2O2. The Labute approximate surface area is 136 Å². The van der Waals surface area contributed by atoms with Crippen LogP contribution in [0.4, 0.5) is 0 Å². The van der Waals surface area contributed by atoms with E-state index in [-0.39, 0.29) is 11.8 Å². The van der Waals surface area contributed by atoms with E-state index in [9.17, 15) is 9.59 Å². The van der Waals surface area contributed by atoms with Crippen LogP contribution in [-0.4, -0.2) is 35.8 Å². The maximum atomic E-state index is 12.6. The average Bonchev–Trinajstić information content (AvgIpc) is 2.58. The molecule has 3 rings (SSSR count). The van der Waals surface area contributed by atoms with Crippen molar-refractivity contribution < 1.29 is 9.59 Å². The Bertz CT molecular complexity index is 695. The molecule has 0 aliphatic carbocycles. The van der Waals surface area contributed by atoms with Crippen LogP contribution in [0.15, 0.2) is 54.6 Å². The van der Waals surface area contributed by atoms with Crippen LogP contribution in [0.1, 0.15) is 28.4 Å². The first-order chi connectivity index (χ1) is 11.1. The predicted octanol–water partition coefficient (Wildman–Crippen LogP) is 2.24. The van der Waals surface area contributed by atoms with Gasteiger partial charge in [-0.2, -0.15) is 0 Å². The molecule has 1 N–H and O–H groups in total. The van der Waals surface area contributed by atoms with Gasteiger partial charge in [0.15, 0.2) is 0 Å². The molecule has 2 aromatic rings. The fourth-order valence-electron chi connectivity index (χ4n) is 2.82. The summed E-state index contributed by atoms with van der Waals surface area (Å²) in [6.45, 7) is 2.83. The number of rotatable bonds is 3. The second-order valence-electron chi connectivity index (χ2n) is 5.82. The van der Waals surface area contributed by atoms with Gasteiger partial charge in [-0.3, -0.25) is 9.59 Å². The van der Waals surface area contributed by atoms with Gasteiger partial charge in [-0.25, -0.2) is 0 Å². The van der Waals surface area contributed by atoms with Crippen LogP contribution in [0.25, 0.3) is 0 Å². The molecule has 0 spiro atoms. The number of carbonyl (C=O) groups excluding carboxylic acids is 2. The first-order valence-corrected chi connectivity index (χ1v) is 7.87. The summed E-state index contributed by atoms with van der Waals surface area (Å²) in [6.07, 6.45) is 0.845. The van der Waals surface area contributed by atoms with E-state index in [0.717, 1.165) is 12.0 Å². The van der Waals surface area contributed by atoms with Crippen LogP contribution in [-0.2, 0) is 11.2 Å². The van der Waals surface area contributed by atoms with Gasteiger partial charge in [0.05, 0.1) is 0 Å². The lowest BCUT2D eigenvalue weighted by atomic mass is 10.0. The van der Waals surface area contributed by atoms with Gasteiger partial charge in [-0.05, 0) is 36.6 Å². The number of hydrogen-bond acceptors (Lipinski definition) is 2. The summed E-state index contributed by atoms with van der Waals surface area (Å²) in [4.78, 5) is 25.9. The molecule has 0 unspecified atom stereocenters. The molecule has 1 saturated heterocycles. The molecular weight excluding hydrogens is 288 g/mol. The minimum atomic E-state index is -0.416. The van der Waals surface area contributed by atoms with Crippen molar-refractivity contribution in [3.63, 3.8) is 0 Å². The molecule has 0 radical (unpaired) electrons. The number of benzene rings is 2. The van der Waals surface area contributed by atoms with Crippen LogP contribution in [0.3, 0.4) is 0 Å². The summed E-state index contributed by atoms with van der Waals surface area (Å²) in [5.74, 6) is -0.177. The molecule has 2 aromatic carbocycles. The first kappa shape index (κ1) is 15.3. The van der Waals surface area contributed by atoms with Gasteiger partial charge in [-0.15, -0.1) is 0 Å². The molecule has 23 heavy (non-hydrogen) atoms. The highest BCUT2D eigenvalue weighted by molar-refractivity contribution is 5.98. The molecule has 0 bridgehead atoms. The van der Waals surface area contributed by atoms with Crippen LogP contribution in [0.2, 0.25) is 0 Å². The van der Waals surface area contributed by atoms with E-state index in [1.165, 1.54) is 5.56 Å². The predicted molar refractivity (Wildman–Crippen MR) is 89.2 cm³/mol. The first-order valence-electron chi connectivity index (χ1n) is 7.87. The van der Waals surface area contributed by atoms with Gasteiger partial charge in [0.1, 0.15) is 6.04 Å². The van der Waals surface area contributed by atoms with Crippen molar-refractivity contribution in [1.29, 1.82) is 0 Å². The van der Waals surface area contributed by atoms with Gasteiger partial charge < -0.3 is 10.2 Å². The fourth-order valence-corrected chi connectivity index (χ4v) is 2.82. The fraction of sp³-hybridized carbons (Fsp3) is 0.263. The topological polar surface area (TPSA) is 49.4 Å². The van der Waals surface area contributed by atoms with E-state index in [1.807, 2.05) is 42.5 Å². The largest absolute Gasteiger partial charge is 0.353 e. The third kappa shape index (κ3) is 3.42. The van der Waals surface area contributed by atoms with Crippen molar-refractivity contribution in [3.05, 3.63) is 71.3 Å². The summed E-state index contributed by atoms with van der Waals surface area (Å²) < 4.78 is 0. The van der Waals surface area contributed by atoms with Crippen LogP contribution in [0.5, 0.6) is 0 Å². The minimum absolute atomic E-state index is 0.0846. The molecule has 4 nitrogen and oxygen atoms in total. The number of amides is 2. The van der Waals surface area contributed by atoms with Crippen molar-refractivity contribution in [2.45, 2.75) is 19.4 Å². The summed E-state index contributed by atoms with van der Waals surface area (Å²) in [7, 11) is 0. The van der Waals surface area contributed by atoms with Crippen molar-refractivity contribution >= 4 is 11.8 Å². The second kappa shape index (κ2) is 6.65. The zero-order chi connectivity index (χ0) is 16.2. The molecule has 1 aliphatic heterocycles. The van der Waals surface area contributed by atoms with Crippen LogP contribution >= 0.6 is 0 Å². The Morgan fingerprint density at radius 1 is 1.09 bits per heavy atom. The number of nitrogens with zero attached hydrogens (tertiary/aromatic N) is 1. The quantitative estimate of drug-likeness (QED) is 0.945. The lowest BCUT2D eigenvalue weighted by Gasteiger charge is -2.32. The smallest absolute Gasteiger partial charge is 0.254 e. The second-order valence-corrected chi connectivity index (χ2v) is 5.82. The Balaban J connectivity index is 1.71. The zero-order valence-electron chi connectivity index (χ0n) is 13.2. The molecule has 1 aliphatic rings. The molecule has 0 aromatic heterocycles. The summed E-state index contributed by atoms with van der Waals surface area (Å²) in [6, 6.07) is 17.5. The summed E-state index contributed by atoms with van der Waals surface area (Å²) in [5.41, 5.74) is 3.04. The Kier molecular flexibility index (Phi) is 4.42. The lowest BCUT2D eigenvalue weighted by molar-refractivity contribution is -0.127. The highest BCUT2D eigenvalue weighted by Gasteiger charge is 2.29. The van der Waals surface area contributed by atoms with E-state index in [0.29, 0.717) is 18.7 Å². The summed E-state index contributed by atoms with van der Waals surface area (Å²) in [5, 5.41) is 2.77. The van der Waals surface area contributed by atoms with E-state index >= 15 is 0 Å². The van der Waals surface area contributed by atoms with Crippen molar-refractivity contribution in [1.82, 2.24) is 10.2 Å². The Hall–Kier alpha value is -2.62. The molecule has 1 atom stereocenters. The Morgan fingerprint density at radius 2 is 1.74 bits per heavy atom. The minimum Gasteiger partial charge on any atom is -0.353 e. The third-order valence-electron chi connectivity index (χ3n) is 4.21. The SMILES string of the molecule is C[C@@H]1C(=O)NCCN1C(=O)c1ccc(Cc2ccccc2)cc1.